The van der Waals surface area contributed by atoms with Gasteiger partial charge in [-0.1, -0.05) is 24.6 Å². The van der Waals surface area contributed by atoms with E-state index in [0.29, 0.717) is 5.56 Å². The van der Waals surface area contributed by atoms with Crippen LogP contribution >= 0.6 is 0 Å². The molecule has 1 fully saturated rings. The third-order valence-electron chi connectivity index (χ3n) is 3.39. The lowest BCUT2D eigenvalue weighted by Gasteiger charge is -2.34. The van der Waals surface area contributed by atoms with Crippen molar-refractivity contribution in [3.05, 3.63) is 29.8 Å². The van der Waals surface area contributed by atoms with Crippen molar-refractivity contribution in [3.8, 4) is 0 Å². The van der Waals surface area contributed by atoms with Crippen LogP contribution in [0.25, 0.3) is 0 Å². The van der Waals surface area contributed by atoms with Gasteiger partial charge < -0.3 is 5.11 Å². The molecule has 1 aliphatic carbocycles. The second-order valence-electron chi connectivity index (χ2n) is 4.37. The average molecular weight is 255 g/mol. The summed E-state index contributed by atoms with van der Waals surface area (Å²) in [4.78, 5) is 0.219. The molecule has 0 unspecified atom stereocenters. The Kier molecular flexibility index (Phi) is 3.51. The number of aliphatic hydroxyl groups excluding tert-OH is 1. The van der Waals surface area contributed by atoms with Crippen molar-refractivity contribution >= 4 is 10.0 Å². The highest BCUT2D eigenvalue weighted by Gasteiger charge is 2.32. The summed E-state index contributed by atoms with van der Waals surface area (Å²) in [5, 5.41) is 9.19. The summed E-state index contributed by atoms with van der Waals surface area (Å²) >= 11 is 0. The molecule has 0 bridgehead atoms. The lowest BCUT2D eigenvalue weighted by molar-refractivity contribution is 0.248. The summed E-state index contributed by atoms with van der Waals surface area (Å²) in [6.45, 7) is -0.256. The highest BCUT2D eigenvalue weighted by Crippen LogP contribution is 2.29. The van der Waals surface area contributed by atoms with Gasteiger partial charge >= 0.3 is 0 Å². The van der Waals surface area contributed by atoms with E-state index in [1.165, 1.54) is 4.31 Å². The molecule has 1 aromatic carbocycles. The lowest BCUT2D eigenvalue weighted by Crippen LogP contribution is -2.41. The molecular weight excluding hydrogens is 238 g/mol. The second-order valence-corrected chi connectivity index (χ2v) is 6.34. The molecule has 0 amide bonds. The molecule has 1 N–H and O–H groups in total. The lowest BCUT2D eigenvalue weighted by atomic mass is 9.94. The molecule has 0 heterocycles. The maximum absolute atomic E-state index is 12.4. The van der Waals surface area contributed by atoms with Gasteiger partial charge in [-0.3, -0.25) is 0 Å². The van der Waals surface area contributed by atoms with Crippen LogP contribution in [0.1, 0.15) is 24.8 Å². The second kappa shape index (κ2) is 4.76. The number of hydrogen-bond acceptors (Lipinski definition) is 3. The first kappa shape index (κ1) is 12.5. The molecule has 1 saturated carbocycles. The van der Waals surface area contributed by atoms with Gasteiger partial charge in [0.15, 0.2) is 0 Å². The molecule has 2 rings (SSSR count). The maximum Gasteiger partial charge on any atom is 0.243 e. The molecule has 0 spiro atoms. The summed E-state index contributed by atoms with van der Waals surface area (Å²) in [6.07, 6.45) is 2.94. The summed E-state index contributed by atoms with van der Waals surface area (Å²) < 4.78 is 26.2. The average Bonchev–Trinajstić information content (AvgIpc) is 2.26. The Morgan fingerprint density at radius 2 is 2.00 bits per heavy atom. The molecule has 17 heavy (non-hydrogen) atoms. The minimum absolute atomic E-state index is 0.117. The van der Waals surface area contributed by atoms with Crippen LogP contribution in [-0.2, 0) is 16.6 Å². The fourth-order valence-corrected chi connectivity index (χ4v) is 3.62. The Bertz CT molecular complexity index is 494. The molecule has 94 valence electrons. The predicted molar refractivity (Wildman–Crippen MR) is 65.0 cm³/mol. The van der Waals surface area contributed by atoms with E-state index in [1.54, 1.807) is 31.3 Å². The van der Waals surface area contributed by atoms with Gasteiger partial charge in [-0.2, -0.15) is 4.31 Å². The Balaban J connectivity index is 2.36. The minimum Gasteiger partial charge on any atom is -0.392 e. The summed E-state index contributed by atoms with van der Waals surface area (Å²) in [5.74, 6) is 0. The minimum atomic E-state index is -3.47. The van der Waals surface area contributed by atoms with E-state index in [4.69, 9.17) is 0 Å². The number of nitrogens with zero attached hydrogens (tertiary/aromatic N) is 1. The Hall–Kier alpha value is -0.910. The molecule has 0 atom stereocenters. The van der Waals surface area contributed by atoms with Crippen LogP contribution in [0.2, 0.25) is 0 Å². The molecule has 1 aliphatic rings. The number of rotatable bonds is 4. The van der Waals surface area contributed by atoms with Crippen molar-refractivity contribution < 1.29 is 13.5 Å². The van der Waals surface area contributed by atoms with E-state index in [1.807, 2.05) is 0 Å². The number of benzene rings is 1. The van der Waals surface area contributed by atoms with Crippen LogP contribution in [0.3, 0.4) is 0 Å². The van der Waals surface area contributed by atoms with Crippen molar-refractivity contribution in [1.82, 2.24) is 4.31 Å². The first-order chi connectivity index (χ1) is 8.07. The molecule has 0 saturated heterocycles. The third-order valence-corrected chi connectivity index (χ3v) is 5.40. The molecular formula is C12H17NO3S. The van der Waals surface area contributed by atoms with E-state index in [0.717, 1.165) is 19.3 Å². The highest BCUT2D eigenvalue weighted by molar-refractivity contribution is 7.89. The molecule has 0 aliphatic heterocycles. The SMILES string of the molecule is CN(C1CCC1)S(=O)(=O)c1ccccc1CO. The largest absolute Gasteiger partial charge is 0.392 e. The molecule has 0 radical (unpaired) electrons. The van der Waals surface area contributed by atoms with Crippen LogP contribution < -0.4 is 0 Å². The fourth-order valence-electron chi connectivity index (χ4n) is 1.99. The smallest absolute Gasteiger partial charge is 0.243 e. The number of hydrogen-bond donors (Lipinski definition) is 1. The number of sulfonamides is 1. The van der Waals surface area contributed by atoms with Gasteiger partial charge in [-0.25, -0.2) is 8.42 Å². The van der Waals surface area contributed by atoms with Gasteiger partial charge in [0.05, 0.1) is 11.5 Å². The zero-order valence-corrected chi connectivity index (χ0v) is 10.7. The topological polar surface area (TPSA) is 57.6 Å². The van der Waals surface area contributed by atoms with Crippen molar-refractivity contribution in [3.63, 3.8) is 0 Å². The monoisotopic (exact) mass is 255 g/mol. The van der Waals surface area contributed by atoms with Gasteiger partial charge in [0.1, 0.15) is 0 Å². The maximum atomic E-state index is 12.4. The zero-order chi connectivity index (χ0) is 12.5. The van der Waals surface area contributed by atoms with Gasteiger partial charge in [-0.15, -0.1) is 0 Å². The van der Waals surface area contributed by atoms with Gasteiger partial charge in [0.2, 0.25) is 10.0 Å². The van der Waals surface area contributed by atoms with Crippen molar-refractivity contribution in [2.24, 2.45) is 0 Å². The number of aliphatic hydroxyl groups is 1. The Morgan fingerprint density at radius 3 is 2.53 bits per heavy atom. The van der Waals surface area contributed by atoms with Gasteiger partial charge in [0.25, 0.3) is 0 Å². The van der Waals surface area contributed by atoms with Gasteiger partial charge in [0, 0.05) is 13.1 Å². The predicted octanol–water partition coefficient (Wildman–Crippen LogP) is 1.35. The van der Waals surface area contributed by atoms with Crippen LogP contribution in [-0.4, -0.2) is 30.9 Å². The van der Waals surface area contributed by atoms with Crippen molar-refractivity contribution in [2.75, 3.05) is 7.05 Å². The highest BCUT2D eigenvalue weighted by atomic mass is 32.2. The zero-order valence-electron chi connectivity index (χ0n) is 9.83. The standard InChI is InChI=1S/C12H17NO3S/c1-13(11-6-4-7-11)17(15,16)12-8-3-2-5-10(12)9-14/h2-3,5,8,11,14H,4,6-7,9H2,1H3. The van der Waals surface area contributed by atoms with Crippen LogP contribution in [0, 0.1) is 0 Å². The molecule has 5 heteroatoms. The Morgan fingerprint density at radius 1 is 1.35 bits per heavy atom. The van der Waals surface area contributed by atoms with E-state index in [-0.39, 0.29) is 17.5 Å². The Labute approximate surface area is 102 Å². The van der Waals surface area contributed by atoms with Crippen LogP contribution in [0.5, 0.6) is 0 Å². The van der Waals surface area contributed by atoms with Crippen molar-refractivity contribution in [2.45, 2.75) is 36.8 Å². The van der Waals surface area contributed by atoms with E-state index in [9.17, 15) is 13.5 Å². The first-order valence-corrected chi connectivity index (χ1v) is 7.18. The molecule has 1 aromatic rings. The van der Waals surface area contributed by atoms with E-state index >= 15 is 0 Å². The summed E-state index contributed by atoms with van der Waals surface area (Å²) in [6, 6.07) is 6.72. The third kappa shape index (κ3) is 2.22. The normalized spacial score (nSPS) is 17.1. The fraction of sp³-hybridized carbons (Fsp3) is 0.500. The van der Waals surface area contributed by atoms with Crippen LogP contribution in [0.15, 0.2) is 29.2 Å². The van der Waals surface area contributed by atoms with E-state index < -0.39 is 10.0 Å². The first-order valence-electron chi connectivity index (χ1n) is 5.74. The quantitative estimate of drug-likeness (QED) is 0.883. The van der Waals surface area contributed by atoms with Crippen molar-refractivity contribution in [1.29, 1.82) is 0 Å². The van der Waals surface area contributed by atoms with Gasteiger partial charge in [-0.05, 0) is 24.5 Å². The summed E-state index contributed by atoms with van der Waals surface area (Å²) in [5.41, 5.74) is 0.457. The van der Waals surface area contributed by atoms with Crippen LogP contribution in [0.4, 0.5) is 0 Å². The summed E-state index contributed by atoms with van der Waals surface area (Å²) in [7, 11) is -1.85. The molecule has 4 nitrogen and oxygen atoms in total. The molecule has 0 aromatic heterocycles. The van der Waals surface area contributed by atoms with E-state index in [2.05, 4.69) is 0 Å².